The van der Waals surface area contributed by atoms with Gasteiger partial charge in [-0.15, -0.1) is 0 Å². The molecule has 0 aliphatic heterocycles. The largest absolute Gasteiger partial charge is 0.508 e. The molecule has 9 nitrogen and oxygen atoms in total. The first kappa shape index (κ1) is 21.1. The van der Waals surface area contributed by atoms with Crippen molar-refractivity contribution in [3.05, 3.63) is 46.2 Å². The summed E-state index contributed by atoms with van der Waals surface area (Å²) in [6, 6.07) is 4.75. The molecule has 1 fully saturated rings. The fourth-order valence-corrected chi connectivity index (χ4v) is 5.56. The van der Waals surface area contributed by atoms with Crippen LogP contribution in [0.15, 0.2) is 35.1 Å². The maximum atomic E-state index is 13.8. The molecule has 1 aromatic rings. The lowest BCUT2D eigenvalue weighted by molar-refractivity contribution is -0.170. The first-order valence-electron chi connectivity index (χ1n) is 9.78. The summed E-state index contributed by atoms with van der Waals surface area (Å²) in [4.78, 5) is 38.3. The van der Waals surface area contributed by atoms with Crippen LogP contribution in [0.1, 0.15) is 30.4 Å². The molecule has 0 spiro atoms. The van der Waals surface area contributed by atoms with E-state index in [-0.39, 0.29) is 29.2 Å². The van der Waals surface area contributed by atoms with Crippen LogP contribution in [0.25, 0.3) is 5.76 Å². The molecule has 31 heavy (non-hydrogen) atoms. The number of methoxy groups -OCH3 is 2. The summed E-state index contributed by atoms with van der Waals surface area (Å²) < 4.78 is 11.2. The van der Waals surface area contributed by atoms with Gasteiger partial charge < -0.3 is 30.5 Å². The van der Waals surface area contributed by atoms with Gasteiger partial charge >= 0.3 is 0 Å². The molecular weight excluding hydrogens is 406 g/mol. The normalized spacial score (nSPS) is 32.5. The maximum absolute atomic E-state index is 13.8. The van der Waals surface area contributed by atoms with Crippen molar-refractivity contribution in [1.82, 2.24) is 0 Å². The number of aromatic hydroxyl groups is 1. The average Bonchev–Trinajstić information content (AvgIpc) is 2.71. The van der Waals surface area contributed by atoms with E-state index >= 15 is 0 Å². The molecule has 0 bridgehead atoms. The predicted molar refractivity (Wildman–Crippen MR) is 107 cm³/mol. The van der Waals surface area contributed by atoms with Gasteiger partial charge in [-0.2, -0.15) is 0 Å². The number of Topliss-reactive ketones (excluding diaryl/α,β-unsaturated/α-hetero) is 2. The first-order chi connectivity index (χ1) is 14.6. The van der Waals surface area contributed by atoms with Crippen LogP contribution in [0.2, 0.25) is 0 Å². The van der Waals surface area contributed by atoms with E-state index < -0.39 is 58.1 Å². The van der Waals surface area contributed by atoms with Crippen molar-refractivity contribution in [2.75, 3.05) is 14.2 Å². The van der Waals surface area contributed by atoms with E-state index in [1.165, 1.54) is 13.2 Å². The zero-order valence-electron chi connectivity index (χ0n) is 17.2. The summed E-state index contributed by atoms with van der Waals surface area (Å²) in [6.45, 7) is 1.82. The Kier molecular flexibility index (Phi) is 4.71. The van der Waals surface area contributed by atoms with E-state index in [0.29, 0.717) is 5.56 Å². The number of rotatable bonds is 3. The fourth-order valence-electron chi connectivity index (χ4n) is 5.56. The van der Waals surface area contributed by atoms with Gasteiger partial charge in [0, 0.05) is 38.0 Å². The van der Waals surface area contributed by atoms with E-state index in [9.17, 15) is 29.7 Å². The highest BCUT2D eigenvalue weighted by Crippen LogP contribution is 2.57. The zero-order chi connectivity index (χ0) is 22.8. The van der Waals surface area contributed by atoms with E-state index in [4.69, 9.17) is 15.2 Å². The summed E-state index contributed by atoms with van der Waals surface area (Å²) >= 11 is 0. The van der Waals surface area contributed by atoms with Crippen molar-refractivity contribution >= 4 is 23.2 Å². The van der Waals surface area contributed by atoms with Gasteiger partial charge in [0.25, 0.3) is 5.91 Å². The van der Waals surface area contributed by atoms with Gasteiger partial charge in [0.2, 0.25) is 5.78 Å². The minimum Gasteiger partial charge on any atom is -0.508 e. The number of primary amides is 1. The van der Waals surface area contributed by atoms with Crippen molar-refractivity contribution in [1.29, 1.82) is 0 Å². The zero-order valence-corrected chi connectivity index (χ0v) is 17.2. The smallest absolute Gasteiger partial charge is 0.255 e. The fraction of sp³-hybridized carbons (Fsp3) is 0.409. The number of nitrogens with two attached hydrogens (primary N) is 1. The van der Waals surface area contributed by atoms with Crippen molar-refractivity contribution in [3.8, 4) is 5.75 Å². The summed E-state index contributed by atoms with van der Waals surface area (Å²) in [5, 5.41) is 32.4. The van der Waals surface area contributed by atoms with Crippen LogP contribution in [-0.2, 0) is 23.9 Å². The van der Waals surface area contributed by atoms with Crippen LogP contribution in [0.3, 0.4) is 0 Å². The molecule has 164 valence electrons. The van der Waals surface area contributed by atoms with Crippen LogP contribution in [-0.4, -0.2) is 58.7 Å². The molecule has 1 amide bonds. The standard InChI is InChI=1S/C22H23NO8/c1-8-9-5-4-6-11(24)14(9)17(26)16-13(8)18(30-2)10-7-12(25)15(21(23)29)19(27)22(10,31-3)20(16)28/h4-6,8,10,13,18,24,26-27H,7H2,1-3H3,(H2,23,29)/t8-,10+,13+,18+,22+/m0/s1. The van der Waals surface area contributed by atoms with Gasteiger partial charge in [0.05, 0.1) is 11.7 Å². The van der Waals surface area contributed by atoms with Gasteiger partial charge in [-0.25, -0.2) is 0 Å². The van der Waals surface area contributed by atoms with Crippen LogP contribution >= 0.6 is 0 Å². The van der Waals surface area contributed by atoms with E-state index in [1.807, 2.05) is 6.92 Å². The van der Waals surface area contributed by atoms with Gasteiger partial charge in [-0.1, -0.05) is 19.1 Å². The number of hydrogen-bond acceptors (Lipinski definition) is 8. The third-order valence-corrected chi connectivity index (χ3v) is 6.90. The topological polar surface area (TPSA) is 156 Å². The number of ketones is 2. The lowest BCUT2D eigenvalue weighted by Gasteiger charge is -2.53. The van der Waals surface area contributed by atoms with E-state index in [2.05, 4.69) is 0 Å². The Morgan fingerprint density at radius 3 is 2.45 bits per heavy atom. The molecule has 3 aliphatic carbocycles. The number of fused-ring (bicyclic) bond motifs is 3. The number of ether oxygens (including phenoxy) is 2. The van der Waals surface area contributed by atoms with Gasteiger partial charge in [0.15, 0.2) is 11.4 Å². The van der Waals surface area contributed by atoms with E-state index in [1.54, 1.807) is 12.1 Å². The highest BCUT2D eigenvalue weighted by molar-refractivity contribution is 6.23. The molecule has 5 N–H and O–H groups in total. The maximum Gasteiger partial charge on any atom is 0.255 e. The number of phenols is 1. The molecule has 0 heterocycles. The van der Waals surface area contributed by atoms with Crippen LogP contribution in [0.4, 0.5) is 0 Å². The SMILES string of the molecule is CO[C@H]1[C@H]2C(=C(O)c3c(O)cccc3[C@@H]2C)C(=O)[C@]2(OC)C(O)=C(C(N)=O)C(=O)C[C@H]12. The highest BCUT2D eigenvalue weighted by atomic mass is 16.5. The number of aliphatic hydroxyl groups is 2. The van der Waals surface area contributed by atoms with Crippen molar-refractivity contribution < 1.29 is 39.2 Å². The highest BCUT2D eigenvalue weighted by Gasteiger charge is 2.66. The second-order valence-electron chi connectivity index (χ2n) is 8.11. The predicted octanol–water partition coefficient (Wildman–Crippen LogP) is 1.26. The minimum absolute atomic E-state index is 0.101. The number of carbonyl (C=O) groups is 3. The molecule has 0 unspecified atom stereocenters. The third kappa shape index (κ3) is 2.47. The first-order valence-corrected chi connectivity index (χ1v) is 9.78. The van der Waals surface area contributed by atoms with Crippen molar-refractivity contribution in [2.45, 2.75) is 31.0 Å². The number of phenolic OH excluding ortho intramolecular Hbond substituents is 1. The number of aliphatic hydroxyl groups excluding tert-OH is 2. The molecule has 1 aromatic carbocycles. The molecule has 1 saturated carbocycles. The van der Waals surface area contributed by atoms with Gasteiger partial charge in [-0.3, -0.25) is 14.4 Å². The average molecular weight is 429 g/mol. The summed E-state index contributed by atoms with van der Waals surface area (Å²) in [5.41, 5.74) is 3.08. The van der Waals surface area contributed by atoms with Crippen LogP contribution in [0.5, 0.6) is 5.75 Å². The molecule has 3 aliphatic rings. The Bertz CT molecular complexity index is 1090. The summed E-state index contributed by atoms with van der Waals surface area (Å²) in [7, 11) is 2.56. The monoisotopic (exact) mass is 429 g/mol. The summed E-state index contributed by atoms with van der Waals surface area (Å²) in [6.07, 6.45) is -1.15. The Hall–Kier alpha value is -3.17. The Labute approximate surface area is 177 Å². The molecular formula is C22H23NO8. The molecule has 0 radical (unpaired) electrons. The number of carbonyl (C=O) groups excluding carboxylic acids is 3. The van der Waals surface area contributed by atoms with Gasteiger partial charge in [-0.05, 0) is 17.5 Å². The van der Waals surface area contributed by atoms with Crippen LogP contribution < -0.4 is 5.73 Å². The minimum atomic E-state index is -2.14. The number of amides is 1. The second-order valence-corrected chi connectivity index (χ2v) is 8.11. The Balaban J connectivity index is 2.07. The van der Waals surface area contributed by atoms with Crippen molar-refractivity contribution in [3.63, 3.8) is 0 Å². The Morgan fingerprint density at radius 2 is 1.87 bits per heavy atom. The van der Waals surface area contributed by atoms with E-state index in [0.717, 1.165) is 7.11 Å². The lowest BCUT2D eigenvalue weighted by atomic mass is 9.55. The number of hydrogen-bond donors (Lipinski definition) is 4. The number of benzene rings is 1. The molecule has 0 aromatic heterocycles. The quantitative estimate of drug-likeness (QED) is 0.523. The summed E-state index contributed by atoms with van der Waals surface area (Å²) in [5.74, 6) is -6.27. The second kappa shape index (κ2) is 6.93. The third-order valence-electron chi connectivity index (χ3n) is 6.90. The molecule has 5 atom stereocenters. The lowest BCUT2D eigenvalue weighted by Crippen LogP contribution is -2.65. The van der Waals surface area contributed by atoms with Crippen LogP contribution in [0, 0.1) is 11.8 Å². The van der Waals surface area contributed by atoms with Crippen molar-refractivity contribution in [2.24, 2.45) is 17.6 Å². The molecule has 0 saturated heterocycles. The molecule has 4 rings (SSSR count). The Morgan fingerprint density at radius 1 is 1.19 bits per heavy atom. The molecule has 9 heteroatoms. The van der Waals surface area contributed by atoms with Gasteiger partial charge in [0.1, 0.15) is 22.8 Å².